The molecule has 95 heavy (non-hydrogen) atoms. The van der Waals surface area contributed by atoms with Crippen molar-refractivity contribution in [3.8, 4) is 111 Å². The lowest BCUT2D eigenvalue weighted by molar-refractivity contribution is 1.46. The molecule has 0 saturated heterocycles. The molecule has 0 aliphatic rings. The third kappa shape index (κ3) is 17.7. The van der Waals surface area contributed by atoms with E-state index >= 15 is 0 Å². The van der Waals surface area contributed by atoms with E-state index in [9.17, 15) is 0 Å². The van der Waals surface area contributed by atoms with E-state index in [0.717, 1.165) is 0 Å². The standard InChI is InChI=1S/5C19H16/c1-15-7-5-10-17(13-15)19-12-6-11-18(14-19)16-8-3-2-4-9-16;1-15-9-5-6-12-17(15)19-14-8-7-13-18(19)16-10-3-2-4-11-16;1-15-8-7-11-17(14-15)19-13-6-5-12-18(19)16-9-3-2-4-10-16;1-15-8-5-6-13-19(15)18-12-7-11-17(14-18)16-9-3-2-4-10-16;1-15-7-5-6-10-19(15)18-13-11-17(12-14-18)16-8-3-2-4-9-16/h5*2-14H,1H3. The fourth-order valence-electron chi connectivity index (χ4n) is 12.0. The third-order valence-electron chi connectivity index (χ3n) is 17.0. The van der Waals surface area contributed by atoms with Gasteiger partial charge >= 0.3 is 0 Å². The Bertz CT molecular complexity index is 4830. The van der Waals surface area contributed by atoms with Gasteiger partial charge in [-0.25, -0.2) is 0 Å². The summed E-state index contributed by atoms with van der Waals surface area (Å²) < 4.78 is 0. The fraction of sp³-hybridized carbons (Fsp3) is 0.0526. The highest BCUT2D eigenvalue weighted by Gasteiger charge is 2.10. The molecule has 0 bridgehead atoms. The number of hydrogen-bond acceptors (Lipinski definition) is 0. The van der Waals surface area contributed by atoms with Gasteiger partial charge in [0.05, 0.1) is 0 Å². The Hall–Kier alpha value is -11.7. The van der Waals surface area contributed by atoms with Crippen molar-refractivity contribution in [2.75, 3.05) is 0 Å². The van der Waals surface area contributed by atoms with Crippen LogP contribution in [-0.4, -0.2) is 0 Å². The Morgan fingerprint density at radius 2 is 0.326 bits per heavy atom. The first-order chi connectivity index (χ1) is 46.7. The molecule has 0 spiro atoms. The molecule has 0 fully saturated rings. The number of aryl methyl sites for hydroxylation is 5. The zero-order valence-corrected chi connectivity index (χ0v) is 55.0. The van der Waals surface area contributed by atoms with E-state index < -0.39 is 0 Å². The van der Waals surface area contributed by atoms with Crippen molar-refractivity contribution < 1.29 is 0 Å². The molecule has 0 aliphatic carbocycles. The van der Waals surface area contributed by atoms with E-state index in [1.165, 1.54) is 139 Å². The van der Waals surface area contributed by atoms with Crippen LogP contribution in [0.4, 0.5) is 0 Å². The van der Waals surface area contributed by atoms with Crippen LogP contribution in [0.2, 0.25) is 0 Å². The monoisotopic (exact) mass is 1220 g/mol. The predicted molar refractivity (Wildman–Crippen MR) is 410 cm³/mol. The minimum atomic E-state index is 1.26. The molecule has 0 heterocycles. The molecule has 15 aromatic rings. The van der Waals surface area contributed by atoms with Gasteiger partial charge in [0.15, 0.2) is 0 Å². The number of benzene rings is 15. The third-order valence-corrected chi connectivity index (χ3v) is 17.0. The first-order valence-corrected chi connectivity index (χ1v) is 32.8. The lowest BCUT2D eigenvalue weighted by Crippen LogP contribution is -1.87. The summed E-state index contributed by atoms with van der Waals surface area (Å²) in [5.74, 6) is 0. The van der Waals surface area contributed by atoms with Crippen molar-refractivity contribution in [2.45, 2.75) is 34.6 Å². The number of hydrogen-bond donors (Lipinski definition) is 0. The highest BCUT2D eigenvalue weighted by Crippen LogP contribution is 2.36. The highest BCUT2D eigenvalue weighted by atomic mass is 14.1. The maximum absolute atomic E-state index is 2.26. The molecule has 0 saturated carbocycles. The zero-order chi connectivity index (χ0) is 65.4. The van der Waals surface area contributed by atoms with Crippen LogP contribution in [0.25, 0.3) is 111 Å². The maximum atomic E-state index is 2.26. The second-order valence-corrected chi connectivity index (χ2v) is 23.8. The molecule has 0 nitrogen and oxygen atoms in total. The van der Waals surface area contributed by atoms with E-state index in [2.05, 4.69) is 417 Å². The second kappa shape index (κ2) is 33.0. The highest BCUT2D eigenvalue weighted by molar-refractivity contribution is 5.86. The van der Waals surface area contributed by atoms with Crippen molar-refractivity contribution in [1.29, 1.82) is 0 Å². The van der Waals surface area contributed by atoms with Gasteiger partial charge in [0.25, 0.3) is 0 Å². The van der Waals surface area contributed by atoms with E-state index in [4.69, 9.17) is 0 Å². The summed E-state index contributed by atoms with van der Waals surface area (Å²) in [6, 6.07) is 139. The Kier molecular flexibility index (Phi) is 22.5. The van der Waals surface area contributed by atoms with Gasteiger partial charge in [0.2, 0.25) is 0 Å². The molecule has 460 valence electrons. The van der Waals surface area contributed by atoms with E-state index in [-0.39, 0.29) is 0 Å². The van der Waals surface area contributed by atoms with E-state index in [1.807, 2.05) is 12.1 Å². The largest absolute Gasteiger partial charge is 0.0622 e. The van der Waals surface area contributed by atoms with Gasteiger partial charge in [0.1, 0.15) is 0 Å². The second-order valence-electron chi connectivity index (χ2n) is 23.8. The molecule has 0 heteroatoms. The number of rotatable bonds is 10. The maximum Gasteiger partial charge on any atom is -0.0103 e. The van der Waals surface area contributed by atoms with Crippen LogP contribution < -0.4 is 0 Å². The molecule has 0 aromatic heterocycles. The molecule has 0 amide bonds. The molecule has 0 atom stereocenters. The predicted octanol–water partition coefficient (Wildman–Crippen LogP) is 26.6. The molecular formula is C95H80. The van der Waals surface area contributed by atoms with Gasteiger partial charge in [-0.05, 0) is 175 Å². The molecular weight excluding hydrogens is 1140 g/mol. The quantitative estimate of drug-likeness (QED) is 0.128. The van der Waals surface area contributed by atoms with Gasteiger partial charge in [-0.2, -0.15) is 0 Å². The topological polar surface area (TPSA) is 0 Å². The van der Waals surface area contributed by atoms with Gasteiger partial charge in [-0.3, -0.25) is 0 Å². The van der Waals surface area contributed by atoms with Crippen LogP contribution in [0, 0.1) is 34.6 Å². The van der Waals surface area contributed by atoms with Gasteiger partial charge < -0.3 is 0 Å². The molecule has 15 rings (SSSR count). The summed E-state index contributed by atoms with van der Waals surface area (Å²) in [4.78, 5) is 0. The zero-order valence-electron chi connectivity index (χ0n) is 55.0. The summed E-state index contributed by atoms with van der Waals surface area (Å²) in [7, 11) is 0. The summed E-state index contributed by atoms with van der Waals surface area (Å²) in [6.07, 6.45) is 0. The van der Waals surface area contributed by atoms with Crippen molar-refractivity contribution in [1.82, 2.24) is 0 Å². The van der Waals surface area contributed by atoms with Crippen LogP contribution >= 0.6 is 0 Å². The van der Waals surface area contributed by atoms with E-state index in [0.29, 0.717) is 0 Å². The first kappa shape index (κ1) is 64.8. The van der Waals surface area contributed by atoms with Crippen molar-refractivity contribution in [3.63, 3.8) is 0 Å². The first-order valence-electron chi connectivity index (χ1n) is 32.8. The summed E-state index contributed by atoms with van der Waals surface area (Å²) in [5.41, 5.74) is 32.1. The minimum Gasteiger partial charge on any atom is -0.0622 e. The molecule has 0 radical (unpaired) electrons. The Balaban J connectivity index is 0.000000121. The Morgan fingerprint density at radius 1 is 0.116 bits per heavy atom. The van der Waals surface area contributed by atoms with Gasteiger partial charge in [-0.15, -0.1) is 0 Å². The van der Waals surface area contributed by atoms with Crippen molar-refractivity contribution >= 4 is 0 Å². The molecule has 15 aromatic carbocycles. The van der Waals surface area contributed by atoms with Crippen molar-refractivity contribution in [2.24, 2.45) is 0 Å². The Morgan fingerprint density at radius 3 is 0.737 bits per heavy atom. The lowest BCUT2D eigenvalue weighted by Gasteiger charge is -2.12. The van der Waals surface area contributed by atoms with Crippen LogP contribution in [0.15, 0.2) is 394 Å². The van der Waals surface area contributed by atoms with Crippen LogP contribution in [0.1, 0.15) is 27.8 Å². The lowest BCUT2D eigenvalue weighted by atomic mass is 9.92. The van der Waals surface area contributed by atoms with E-state index in [1.54, 1.807) is 0 Å². The van der Waals surface area contributed by atoms with Gasteiger partial charge in [0, 0.05) is 0 Å². The SMILES string of the molecule is Cc1cccc(-c2cccc(-c3ccccc3)c2)c1.Cc1cccc(-c2ccccc2-c2ccccc2)c1.Cc1ccccc1-c1ccc(-c2ccccc2)cc1.Cc1ccccc1-c1cccc(-c2ccccc2)c1.Cc1ccccc1-c1ccccc1-c1ccccc1. The fourth-order valence-corrected chi connectivity index (χ4v) is 12.0. The molecule has 0 N–H and O–H groups in total. The van der Waals surface area contributed by atoms with Gasteiger partial charge in [-0.1, -0.05) is 393 Å². The van der Waals surface area contributed by atoms with Crippen LogP contribution in [0.3, 0.4) is 0 Å². The molecule has 0 aliphatic heterocycles. The average molecular weight is 1220 g/mol. The normalized spacial score (nSPS) is 10.4. The van der Waals surface area contributed by atoms with Crippen molar-refractivity contribution in [3.05, 3.63) is 422 Å². The van der Waals surface area contributed by atoms with Crippen LogP contribution in [0.5, 0.6) is 0 Å². The average Bonchev–Trinajstić information content (AvgIpc) is 1.07. The summed E-state index contributed by atoms with van der Waals surface area (Å²) >= 11 is 0. The Labute approximate surface area is 564 Å². The summed E-state index contributed by atoms with van der Waals surface area (Å²) in [6.45, 7) is 10.7. The molecule has 0 unspecified atom stereocenters. The summed E-state index contributed by atoms with van der Waals surface area (Å²) in [5, 5.41) is 0. The smallest absolute Gasteiger partial charge is 0.0103 e. The minimum absolute atomic E-state index is 1.26. The van der Waals surface area contributed by atoms with Crippen LogP contribution in [-0.2, 0) is 0 Å².